The first-order valence-corrected chi connectivity index (χ1v) is 7.64. The van der Waals surface area contributed by atoms with Crippen LogP contribution in [0.2, 0.25) is 0 Å². The summed E-state index contributed by atoms with van der Waals surface area (Å²) in [5, 5.41) is 3.40. The lowest BCUT2D eigenvalue weighted by Crippen LogP contribution is -2.57. The van der Waals surface area contributed by atoms with Crippen LogP contribution in [-0.2, 0) is 11.2 Å². The van der Waals surface area contributed by atoms with Gasteiger partial charge in [-0.25, -0.2) is 0 Å². The van der Waals surface area contributed by atoms with Crippen molar-refractivity contribution in [2.45, 2.75) is 38.8 Å². The number of benzene rings is 1. The van der Waals surface area contributed by atoms with Crippen molar-refractivity contribution in [2.75, 3.05) is 13.1 Å². The molecule has 0 radical (unpaired) electrons. The van der Waals surface area contributed by atoms with E-state index in [1.807, 2.05) is 17.0 Å². The maximum absolute atomic E-state index is 12.3. The molecule has 19 heavy (non-hydrogen) atoms. The zero-order chi connectivity index (χ0) is 13.8. The van der Waals surface area contributed by atoms with Crippen molar-refractivity contribution in [2.24, 2.45) is 0 Å². The first-order chi connectivity index (χ1) is 9.08. The van der Waals surface area contributed by atoms with Gasteiger partial charge in [0.1, 0.15) is 0 Å². The molecule has 4 heteroatoms. The highest BCUT2D eigenvalue weighted by atomic mass is 79.9. The van der Waals surface area contributed by atoms with Crippen LogP contribution in [0.3, 0.4) is 0 Å². The molecule has 2 atom stereocenters. The molecule has 2 rings (SSSR count). The standard InChI is InChI=1S/C15H21BrN2O/c1-11-12(2)18(10-9-17-11)15(19)8-5-13-3-6-14(16)7-4-13/h3-4,6-7,11-12,17H,5,8-10H2,1-2H3. The van der Waals surface area contributed by atoms with Crippen LogP contribution in [0.4, 0.5) is 0 Å². The fourth-order valence-corrected chi connectivity index (χ4v) is 2.72. The third-order valence-electron chi connectivity index (χ3n) is 3.90. The Kier molecular flexibility index (Phi) is 4.99. The number of hydrogen-bond acceptors (Lipinski definition) is 2. The van der Waals surface area contributed by atoms with Crippen LogP contribution < -0.4 is 5.32 Å². The van der Waals surface area contributed by atoms with E-state index in [4.69, 9.17) is 0 Å². The maximum Gasteiger partial charge on any atom is 0.223 e. The molecule has 0 bridgehead atoms. The van der Waals surface area contributed by atoms with E-state index in [0.717, 1.165) is 24.0 Å². The monoisotopic (exact) mass is 324 g/mol. The van der Waals surface area contributed by atoms with Crippen LogP contribution in [0.25, 0.3) is 0 Å². The number of aryl methyl sites for hydroxylation is 1. The summed E-state index contributed by atoms with van der Waals surface area (Å²) >= 11 is 3.42. The summed E-state index contributed by atoms with van der Waals surface area (Å²) in [6, 6.07) is 8.85. The Morgan fingerprint density at radius 1 is 1.37 bits per heavy atom. The molecule has 1 N–H and O–H groups in total. The van der Waals surface area contributed by atoms with Gasteiger partial charge in [0, 0.05) is 36.1 Å². The Labute approximate surface area is 123 Å². The van der Waals surface area contributed by atoms with Gasteiger partial charge >= 0.3 is 0 Å². The Bertz CT molecular complexity index is 432. The third kappa shape index (κ3) is 3.80. The summed E-state index contributed by atoms with van der Waals surface area (Å²) in [6.07, 6.45) is 1.41. The van der Waals surface area contributed by atoms with Crippen molar-refractivity contribution in [3.63, 3.8) is 0 Å². The first kappa shape index (κ1) is 14.5. The zero-order valence-electron chi connectivity index (χ0n) is 11.5. The number of nitrogens with zero attached hydrogens (tertiary/aromatic N) is 1. The van der Waals surface area contributed by atoms with E-state index < -0.39 is 0 Å². The van der Waals surface area contributed by atoms with Crippen LogP contribution >= 0.6 is 15.9 Å². The van der Waals surface area contributed by atoms with E-state index in [-0.39, 0.29) is 11.9 Å². The molecule has 3 nitrogen and oxygen atoms in total. The number of halogens is 1. The number of piperazine rings is 1. The normalized spacial score (nSPS) is 23.4. The molecule has 1 aromatic carbocycles. The van der Waals surface area contributed by atoms with Crippen LogP contribution in [0, 0.1) is 0 Å². The van der Waals surface area contributed by atoms with Crippen molar-refractivity contribution in [3.8, 4) is 0 Å². The number of amides is 1. The number of rotatable bonds is 3. The second-order valence-corrected chi connectivity index (χ2v) is 6.11. The third-order valence-corrected chi connectivity index (χ3v) is 4.42. The zero-order valence-corrected chi connectivity index (χ0v) is 13.1. The minimum atomic E-state index is 0.267. The van der Waals surface area contributed by atoms with E-state index in [1.165, 1.54) is 5.56 Å². The molecule has 0 aliphatic carbocycles. The summed E-state index contributed by atoms with van der Waals surface area (Å²) in [6.45, 7) is 5.98. The molecule has 1 aliphatic rings. The molecular weight excluding hydrogens is 304 g/mol. The molecule has 104 valence electrons. The van der Waals surface area contributed by atoms with Gasteiger partial charge in [-0.1, -0.05) is 28.1 Å². The number of carbonyl (C=O) groups excluding carboxylic acids is 1. The lowest BCUT2D eigenvalue weighted by molar-refractivity contribution is -0.134. The summed E-state index contributed by atoms with van der Waals surface area (Å²) in [5.74, 6) is 0.267. The quantitative estimate of drug-likeness (QED) is 0.926. The molecule has 1 fully saturated rings. The van der Waals surface area contributed by atoms with Crippen molar-refractivity contribution >= 4 is 21.8 Å². The molecule has 1 saturated heterocycles. The largest absolute Gasteiger partial charge is 0.337 e. The fourth-order valence-electron chi connectivity index (χ4n) is 2.45. The molecule has 0 saturated carbocycles. The summed E-state index contributed by atoms with van der Waals surface area (Å²) in [7, 11) is 0. The molecule has 1 aromatic rings. The van der Waals surface area contributed by atoms with Crippen molar-refractivity contribution < 1.29 is 4.79 Å². The lowest BCUT2D eigenvalue weighted by atomic mass is 10.0. The predicted octanol–water partition coefficient (Wildman–Crippen LogP) is 2.59. The van der Waals surface area contributed by atoms with E-state index in [1.54, 1.807) is 0 Å². The van der Waals surface area contributed by atoms with E-state index in [2.05, 4.69) is 47.2 Å². The Morgan fingerprint density at radius 2 is 2.05 bits per heavy atom. The Balaban J connectivity index is 1.88. The first-order valence-electron chi connectivity index (χ1n) is 6.85. The van der Waals surface area contributed by atoms with Gasteiger partial charge in [-0.3, -0.25) is 4.79 Å². The average Bonchev–Trinajstić information content (AvgIpc) is 2.41. The number of hydrogen-bond donors (Lipinski definition) is 1. The van der Waals surface area contributed by atoms with Crippen molar-refractivity contribution in [1.29, 1.82) is 0 Å². The average molecular weight is 325 g/mol. The van der Waals surface area contributed by atoms with Gasteiger partial charge in [-0.2, -0.15) is 0 Å². The van der Waals surface area contributed by atoms with Gasteiger partial charge < -0.3 is 10.2 Å². The second kappa shape index (κ2) is 6.53. The number of nitrogens with one attached hydrogen (secondary N) is 1. The molecular formula is C15H21BrN2O. The van der Waals surface area contributed by atoms with Crippen LogP contribution in [-0.4, -0.2) is 36.0 Å². The molecule has 2 unspecified atom stereocenters. The minimum Gasteiger partial charge on any atom is -0.337 e. The SMILES string of the molecule is CC1NCCN(C(=O)CCc2ccc(Br)cc2)C1C. The van der Waals surface area contributed by atoms with Gasteiger partial charge in [-0.05, 0) is 38.0 Å². The molecule has 1 amide bonds. The van der Waals surface area contributed by atoms with Crippen LogP contribution in [0.15, 0.2) is 28.7 Å². The highest BCUT2D eigenvalue weighted by Crippen LogP contribution is 2.14. The summed E-state index contributed by atoms with van der Waals surface area (Å²) in [4.78, 5) is 14.3. The van der Waals surface area contributed by atoms with Gasteiger partial charge in [-0.15, -0.1) is 0 Å². The van der Waals surface area contributed by atoms with Crippen LogP contribution in [0.1, 0.15) is 25.8 Å². The highest BCUT2D eigenvalue weighted by molar-refractivity contribution is 9.10. The van der Waals surface area contributed by atoms with E-state index in [0.29, 0.717) is 12.5 Å². The molecule has 1 aliphatic heterocycles. The smallest absolute Gasteiger partial charge is 0.223 e. The Hall–Kier alpha value is -0.870. The van der Waals surface area contributed by atoms with Crippen molar-refractivity contribution in [1.82, 2.24) is 10.2 Å². The molecule has 1 heterocycles. The second-order valence-electron chi connectivity index (χ2n) is 5.20. The van der Waals surface area contributed by atoms with Gasteiger partial charge in [0.05, 0.1) is 0 Å². The van der Waals surface area contributed by atoms with Crippen LogP contribution in [0.5, 0.6) is 0 Å². The van der Waals surface area contributed by atoms with Gasteiger partial charge in [0.2, 0.25) is 5.91 Å². The summed E-state index contributed by atoms with van der Waals surface area (Å²) < 4.78 is 1.08. The number of carbonyl (C=O) groups is 1. The van der Waals surface area contributed by atoms with Crippen molar-refractivity contribution in [3.05, 3.63) is 34.3 Å². The fraction of sp³-hybridized carbons (Fsp3) is 0.533. The van der Waals surface area contributed by atoms with E-state index in [9.17, 15) is 4.79 Å². The lowest BCUT2D eigenvalue weighted by Gasteiger charge is -2.38. The van der Waals surface area contributed by atoms with Gasteiger partial charge in [0.15, 0.2) is 0 Å². The molecule has 0 aromatic heterocycles. The molecule has 0 spiro atoms. The predicted molar refractivity (Wildman–Crippen MR) is 81.1 cm³/mol. The van der Waals surface area contributed by atoms with Gasteiger partial charge in [0.25, 0.3) is 0 Å². The maximum atomic E-state index is 12.3. The minimum absolute atomic E-state index is 0.267. The highest BCUT2D eigenvalue weighted by Gasteiger charge is 2.27. The van der Waals surface area contributed by atoms with E-state index >= 15 is 0 Å². The Morgan fingerprint density at radius 3 is 2.74 bits per heavy atom. The summed E-state index contributed by atoms with van der Waals surface area (Å²) in [5.41, 5.74) is 1.22. The topological polar surface area (TPSA) is 32.3 Å².